The van der Waals surface area contributed by atoms with Crippen LogP contribution in [0.25, 0.3) is 0 Å². The third-order valence-corrected chi connectivity index (χ3v) is 7.74. The molecule has 0 bridgehead atoms. The van der Waals surface area contributed by atoms with Crippen molar-refractivity contribution in [2.75, 3.05) is 6.61 Å². The molecule has 190 valence electrons. The monoisotopic (exact) mass is 582 g/mol. The molecule has 2 aromatic carbocycles. The van der Waals surface area contributed by atoms with Crippen LogP contribution in [0.15, 0.2) is 40.9 Å². The fraction of sp³-hybridized carbons (Fsp3) is 0.481. The van der Waals surface area contributed by atoms with Gasteiger partial charge in [-0.2, -0.15) is 0 Å². The lowest BCUT2D eigenvalue weighted by Crippen LogP contribution is -2.50. The van der Waals surface area contributed by atoms with Crippen LogP contribution in [0.1, 0.15) is 64.5 Å². The quantitative estimate of drug-likeness (QED) is 0.367. The average Bonchev–Trinajstić information content (AvgIpc) is 3.30. The smallest absolute Gasteiger partial charge is 0.261 e. The molecule has 0 heterocycles. The van der Waals surface area contributed by atoms with E-state index >= 15 is 0 Å². The van der Waals surface area contributed by atoms with Gasteiger partial charge in [-0.25, -0.2) is 0 Å². The van der Waals surface area contributed by atoms with Crippen LogP contribution in [-0.2, 0) is 21.5 Å². The molecular weight excluding hydrogens is 551 g/mol. The van der Waals surface area contributed by atoms with Crippen LogP contribution in [0.2, 0.25) is 10.0 Å². The molecule has 5 nitrogen and oxygen atoms in total. The van der Waals surface area contributed by atoms with Crippen LogP contribution in [0.4, 0.5) is 0 Å². The van der Waals surface area contributed by atoms with Gasteiger partial charge >= 0.3 is 0 Å². The van der Waals surface area contributed by atoms with Gasteiger partial charge < -0.3 is 15.0 Å². The second-order valence-corrected chi connectivity index (χ2v) is 11.7. The highest BCUT2D eigenvalue weighted by Crippen LogP contribution is 2.32. The van der Waals surface area contributed by atoms with Gasteiger partial charge in [-0.1, -0.05) is 68.9 Å². The largest absolute Gasteiger partial charge is 0.483 e. The van der Waals surface area contributed by atoms with Crippen molar-refractivity contribution in [3.8, 4) is 5.75 Å². The lowest BCUT2D eigenvalue weighted by atomic mass is 9.87. The topological polar surface area (TPSA) is 58.6 Å². The SMILES string of the molecule is C[C@H](C(=O)NC1CCCC1)N(Cc1c(Cl)cccc1Cl)C(=O)COc1ccc(C(C)(C)C)cc1Br. The van der Waals surface area contributed by atoms with Crippen molar-refractivity contribution in [1.82, 2.24) is 10.2 Å². The molecule has 1 N–H and O–H groups in total. The van der Waals surface area contributed by atoms with Crippen LogP contribution in [0.5, 0.6) is 5.75 Å². The summed E-state index contributed by atoms with van der Waals surface area (Å²) < 4.78 is 6.64. The van der Waals surface area contributed by atoms with E-state index in [9.17, 15) is 9.59 Å². The van der Waals surface area contributed by atoms with Gasteiger partial charge in [0.05, 0.1) is 4.47 Å². The predicted octanol–water partition coefficient (Wildman–Crippen LogP) is 6.91. The van der Waals surface area contributed by atoms with Crippen molar-refractivity contribution in [2.45, 2.75) is 77.4 Å². The van der Waals surface area contributed by atoms with Gasteiger partial charge in [-0.3, -0.25) is 9.59 Å². The molecule has 0 saturated heterocycles. The maximum absolute atomic E-state index is 13.4. The predicted molar refractivity (Wildman–Crippen MR) is 145 cm³/mol. The number of rotatable bonds is 8. The summed E-state index contributed by atoms with van der Waals surface area (Å²) in [7, 11) is 0. The first-order valence-corrected chi connectivity index (χ1v) is 13.5. The summed E-state index contributed by atoms with van der Waals surface area (Å²) in [5, 5.41) is 3.97. The van der Waals surface area contributed by atoms with Gasteiger partial charge in [-0.05, 0) is 70.9 Å². The third-order valence-electron chi connectivity index (χ3n) is 6.41. The van der Waals surface area contributed by atoms with Crippen LogP contribution in [0, 0.1) is 0 Å². The first kappa shape index (κ1) is 27.8. The number of benzene rings is 2. The Morgan fingerprint density at radius 3 is 2.34 bits per heavy atom. The molecule has 3 rings (SSSR count). The number of amides is 2. The number of carbonyl (C=O) groups excluding carboxylic acids is 2. The van der Waals surface area contributed by atoms with Crippen LogP contribution < -0.4 is 10.1 Å². The van der Waals surface area contributed by atoms with E-state index in [-0.39, 0.29) is 36.4 Å². The lowest BCUT2D eigenvalue weighted by molar-refractivity contribution is -0.142. The van der Waals surface area contributed by atoms with E-state index in [1.54, 1.807) is 25.1 Å². The highest BCUT2D eigenvalue weighted by molar-refractivity contribution is 9.10. The molecule has 0 spiro atoms. The van der Waals surface area contributed by atoms with Crippen LogP contribution in [0.3, 0.4) is 0 Å². The third kappa shape index (κ3) is 7.37. The normalized spacial score (nSPS) is 15.1. The molecule has 0 radical (unpaired) electrons. The zero-order valence-corrected chi connectivity index (χ0v) is 23.8. The summed E-state index contributed by atoms with van der Waals surface area (Å²) >= 11 is 16.3. The first-order chi connectivity index (χ1) is 16.5. The van der Waals surface area contributed by atoms with Crippen LogP contribution >= 0.6 is 39.1 Å². The van der Waals surface area contributed by atoms with Gasteiger partial charge in [0, 0.05) is 28.2 Å². The maximum Gasteiger partial charge on any atom is 0.261 e. The van der Waals surface area contributed by atoms with Crippen LogP contribution in [-0.4, -0.2) is 35.4 Å². The summed E-state index contributed by atoms with van der Waals surface area (Å²) in [4.78, 5) is 27.9. The Morgan fingerprint density at radius 1 is 1.14 bits per heavy atom. The van der Waals surface area contributed by atoms with Gasteiger partial charge in [0.25, 0.3) is 5.91 Å². The molecule has 0 aliphatic heterocycles. The Labute approximate surface area is 226 Å². The Balaban J connectivity index is 1.78. The van der Waals surface area contributed by atoms with Crippen molar-refractivity contribution in [2.24, 2.45) is 0 Å². The summed E-state index contributed by atoms with van der Waals surface area (Å²) in [5.41, 5.74) is 1.74. The molecule has 8 heteroatoms. The summed E-state index contributed by atoms with van der Waals surface area (Å²) in [6.07, 6.45) is 4.14. The minimum atomic E-state index is -0.717. The number of carbonyl (C=O) groups is 2. The molecule has 1 saturated carbocycles. The summed E-state index contributed by atoms with van der Waals surface area (Å²) in [5.74, 6) is 0.0381. The van der Waals surface area contributed by atoms with E-state index in [0.717, 1.165) is 35.7 Å². The highest BCUT2D eigenvalue weighted by atomic mass is 79.9. The molecule has 1 aliphatic carbocycles. The van der Waals surface area contributed by atoms with Crippen molar-refractivity contribution in [3.63, 3.8) is 0 Å². The Morgan fingerprint density at radius 2 is 1.77 bits per heavy atom. The van der Waals surface area contributed by atoms with Crippen molar-refractivity contribution < 1.29 is 14.3 Å². The average molecular weight is 584 g/mol. The van der Waals surface area contributed by atoms with E-state index in [0.29, 0.717) is 21.4 Å². The molecule has 1 aliphatic rings. The summed E-state index contributed by atoms with van der Waals surface area (Å²) in [6.45, 7) is 8.00. The molecule has 0 unspecified atom stereocenters. The lowest BCUT2D eigenvalue weighted by Gasteiger charge is -2.30. The second-order valence-electron chi connectivity index (χ2n) is 10.1. The minimum absolute atomic E-state index is 0.00992. The molecule has 2 aromatic rings. The number of nitrogens with one attached hydrogen (secondary N) is 1. The van der Waals surface area contributed by atoms with E-state index in [1.807, 2.05) is 18.2 Å². The molecule has 1 fully saturated rings. The van der Waals surface area contributed by atoms with Gasteiger partial charge in [0.1, 0.15) is 11.8 Å². The second kappa shape index (κ2) is 12.0. The highest BCUT2D eigenvalue weighted by Gasteiger charge is 2.30. The minimum Gasteiger partial charge on any atom is -0.483 e. The number of ether oxygens (including phenoxy) is 1. The first-order valence-electron chi connectivity index (χ1n) is 11.9. The van der Waals surface area contributed by atoms with Crippen molar-refractivity contribution in [3.05, 3.63) is 62.0 Å². The Bertz CT molecular complexity index is 1040. The molecule has 1 atom stereocenters. The van der Waals surface area contributed by atoms with Crippen molar-refractivity contribution >= 4 is 50.9 Å². The Hall–Kier alpha value is -1.76. The van der Waals surface area contributed by atoms with Gasteiger partial charge in [0.15, 0.2) is 6.61 Å². The van der Waals surface area contributed by atoms with E-state index < -0.39 is 6.04 Å². The van der Waals surface area contributed by atoms with E-state index in [4.69, 9.17) is 27.9 Å². The number of halogens is 3. The number of hydrogen-bond acceptors (Lipinski definition) is 3. The fourth-order valence-electron chi connectivity index (χ4n) is 4.14. The molecule has 35 heavy (non-hydrogen) atoms. The summed E-state index contributed by atoms with van der Waals surface area (Å²) in [6, 6.07) is 10.5. The number of hydrogen-bond donors (Lipinski definition) is 1. The fourth-order valence-corrected chi connectivity index (χ4v) is 5.15. The van der Waals surface area contributed by atoms with Gasteiger partial charge in [0.2, 0.25) is 5.91 Å². The molecular formula is C27H33BrCl2N2O3. The zero-order chi connectivity index (χ0) is 25.8. The molecule has 0 aromatic heterocycles. The standard InChI is InChI=1S/C27H33BrCl2N2O3/c1-17(26(34)31-19-8-5-6-9-19)32(15-20-22(29)10-7-11-23(20)30)25(33)16-35-24-13-12-18(14-21(24)28)27(2,3)4/h7,10-14,17,19H,5-6,8-9,15-16H2,1-4H3,(H,31,34)/t17-/m1/s1. The van der Waals surface area contributed by atoms with E-state index in [2.05, 4.69) is 42.0 Å². The van der Waals surface area contributed by atoms with Gasteiger partial charge in [-0.15, -0.1) is 0 Å². The maximum atomic E-state index is 13.4. The zero-order valence-electron chi connectivity index (χ0n) is 20.7. The van der Waals surface area contributed by atoms with E-state index in [1.165, 1.54) is 4.90 Å². The van der Waals surface area contributed by atoms with Crippen molar-refractivity contribution in [1.29, 1.82) is 0 Å². The Kier molecular flexibility index (Phi) is 9.53. The number of nitrogens with zero attached hydrogens (tertiary/aromatic N) is 1. The molecule has 2 amide bonds.